The van der Waals surface area contributed by atoms with Crippen molar-refractivity contribution in [3.63, 3.8) is 0 Å². The van der Waals surface area contributed by atoms with Crippen LogP contribution in [0.2, 0.25) is 5.02 Å². The number of rotatable bonds is 6. The standard InChI is InChI=1S/C20H24ClN5O2/c1-13-10-16(21)6-7-19(13)28-12-26-9-8-18(23-26)20(27)24(4)11-17-14(2)22-25(5)15(17)3/h6-10H,11-12H2,1-5H3. The van der Waals surface area contributed by atoms with Crippen molar-refractivity contribution >= 4 is 17.5 Å². The lowest BCUT2D eigenvalue weighted by Gasteiger charge is -2.16. The molecule has 0 spiro atoms. The molecule has 1 amide bonds. The summed E-state index contributed by atoms with van der Waals surface area (Å²) in [5, 5.41) is 9.40. The van der Waals surface area contributed by atoms with E-state index < -0.39 is 0 Å². The number of hydrogen-bond acceptors (Lipinski definition) is 4. The molecule has 0 saturated heterocycles. The molecule has 0 aliphatic heterocycles. The van der Waals surface area contributed by atoms with E-state index in [1.165, 1.54) is 0 Å². The van der Waals surface area contributed by atoms with Gasteiger partial charge in [-0.05, 0) is 50.6 Å². The van der Waals surface area contributed by atoms with E-state index in [9.17, 15) is 4.79 Å². The van der Waals surface area contributed by atoms with Crippen LogP contribution in [0.25, 0.3) is 0 Å². The SMILES string of the molecule is Cc1cc(Cl)ccc1OCn1ccc(C(=O)N(C)Cc2c(C)nn(C)c2C)n1. The van der Waals surface area contributed by atoms with E-state index >= 15 is 0 Å². The Balaban J connectivity index is 1.64. The molecule has 0 saturated carbocycles. The van der Waals surface area contributed by atoms with Gasteiger partial charge in [0.25, 0.3) is 5.91 Å². The van der Waals surface area contributed by atoms with Crippen molar-refractivity contribution < 1.29 is 9.53 Å². The van der Waals surface area contributed by atoms with Crippen molar-refractivity contribution in [2.45, 2.75) is 34.0 Å². The van der Waals surface area contributed by atoms with Gasteiger partial charge >= 0.3 is 0 Å². The molecule has 0 bridgehead atoms. The second kappa shape index (κ2) is 8.06. The first-order valence-electron chi connectivity index (χ1n) is 8.93. The Bertz CT molecular complexity index is 1010. The number of carbonyl (C=O) groups is 1. The molecule has 3 rings (SSSR count). The van der Waals surface area contributed by atoms with Crippen molar-refractivity contribution in [2.24, 2.45) is 7.05 Å². The van der Waals surface area contributed by atoms with Crippen molar-refractivity contribution in [1.29, 1.82) is 0 Å². The van der Waals surface area contributed by atoms with Crippen LogP contribution in [0.1, 0.15) is 33.0 Å². The van der Waals surface area contributed by atoms with E-state index in [0.29, 0.717) is 17.3 Å². The molecule has 2 aromatic heterocycles. The van der Waals surface area contributed by atoms with Crippen molar-refractivity contribution in [3.05, 3.63) is 63.7 Å². The Labute approximate surface area is 169 Å². The topological polar surface area (TPSA) is 65.2 Å². The molecule has 7 nitrogen and oxygen atoms in total. The zero-order chi connectivity index (χ0) is 20.4. The zero-order valence-electron chi connectivity index (χ0n) is 16.7. The number of amides is 1. The third-order valence-electron chi connectivity index (χ3n) is 4.75. The number of carbonyl (C=O) groups excluding carboxylic acids is 1. The summed E-state index contributed by atoms with van der Waals surface area (Å²) in [5.41, 5.74) is 4.35. The van der Waals surface area contributed by atoms with Gasteiger partial charge in [0.1, 0.15) is 5.75 Å². The molecule has 3 aromatic rings. The molecule has 0 radical (unpaired) electrons. The summed E-state index contributed by atoms with van der Waals surface area (Å²) in [6.07, 6.45) is 1.73. The lowest BCUT2D eigenvalue weighted by Crippen LogP contribution is -2.27. The van der Waals surface area contributed by atoms with Crippen LogP contribution in [-0.2, 0) is 20.3 Å². The van der Waals surface area contributed by atoms with Crippen LogP contribution in [0.4, 0.5) is 0 Å². The van der Waals surface area contributed by atoms with Crippen molar-refractivity contribution in [2.75, 3.05) is 7.05 Å². The zero-order valence-corrected chi connectivity index (χ0v) is 17.5. The lowest BCUT2D eigenvalue weighted by atomic mass is 10.2. The van der Waals surface area contributed by atoms with Gasteiger partial charge in [-0.2, -0.15) is 10.2 Å². The maximum absolute atomic E-state index is 12.7. The quantitative estimate of drug-likeness (QED) is 0.634. The van der Waals surface area contributed by atoms with E-state index in [1.807, 2.05) is 44.6 Å². The third-order valence-corrected chi connectivity index (χ3v) is 4.99. The molecule has 0 fully saturated rings. The minimum Gasteiger partial charge on any atom is -0.471 e. The van der Waals surface area contributed by atoms with Gasteiger partial charge in [0.05, 0.1) is 5.69 Å². The average molecular weight is 402 g/mol. The van der Waals surface area contributed by atoms with Gasteiger partial charge in [-0.1, -0.05) is 11.6 Å². The summed E-state index contributed by atoms with van der Waals surface area (Å²) >= 11 is 5.96. The Hall–Kier alpha value is -2.80. The Kier molecular flexibility index (Phi) is 5.74. The van der Waals surface area contributed by atoms with Gasteiger partial charge in [0.2, 0.25) is 0 Å². The summed E-state index contributed by atoms with van der Waals surface area (Å²) in [5.74, 6) is 0.580. The largest absolute Gasteiger partial charge is 0.471 e. The minimum absolute atomic E-state index is 0.149. The molecule has 0 aliphatic carbocycles. The highest BCUT2D eigenvalue weighted by atomic mass is 35.5. The summed E-state index contributed by atoms with van der Waals surface area (Å²) in [4.78, 5) is 14.4. The summed E-state index contributed by atoms with van der Waals surface area (Å²) in [6.45, 7) is 6.57. The van der Waals surface area contributed by atoms with Gasteiger partial charge < -0.3 is 9.64 Å². The van der Waals surface area contributed by atoms with Gasteiger partial charge in [0.15, 0.2) is 12.4 Å². The fourth-order valence-electron chi connectivity index (χ4n) is 3.01. The van der Waals surface area contributed by atoms with Crippen LogP contribution in [0, 0.1) is 20.8 Å². The molecule has 0 aliphatic rings. The van der Waals surface area contributed by atoms with Crippen LogP contribution in [-0.4, -0.2) is 37.4 Å². The number of ether oxygens (including phenoxy) is 1. The molecule has 148 valence electrons. The lowest BCUT2D eigenvalue weighted by molar-refractivity contribution is 0.0776. The number of halogens is 1. The summed E-state index contributed by atoms with van der Waals surface area (Å²) in [6, 6.07) is 7.13. The molecule has 1 aromatic carbocycles. The fraction of sp³-hybridized carbons (Fsp3) is 0.350. The predicted octanol–water partition coefficient (Wildman–Crippen LogP) is 3.50. The normalized spacial score (nSPS) is 10.9. The number of benzene rings is 1. The number of aromatic nitrogens is 4. The van der Waals surface area contributed by atoms with Crippen LogP contribution in [0.5, 0.6) is 5.75 Å². The van der Waals surface area contributed by atoms with Crippen molar-refractivity contribution in [3.8, 4) is 5.75 Å². The molecular formula is C20H24ClN5O2. The van der Waals surface area contributed by atoms with Gasteiger partial charge in [-0.3, -0.25) is 9.48 Å². The molecule has 2 heterocycles. The monoisotopic (exact) mass is 401 g/mol. The maximum Gasteiger partial charge on any atom is 0.274 e. The highest BCUT2D eigenvalue weighted by Gasteiger charge is 2.18. The highest BCUT2D eigenvalue weighted by molar-refractivity contribution is 6.30. The van der Waals surface area contributed by atoms with Gasteiger partial charge in [0, 0.05) is 43.1 Å². The first-order chi connectivity index (χ1) is 13.3. The molecule has 0 N–H and O–H groups in total. The van der Waals surface area contributed by atoms with Crippen LogP contribution in [0.3, 0.4) is 0 Å². The predicted molar refractivity (Wildman–Crippen MR) is 108 cm³/mol. The van der Waals surface area contributed by atoms with Gasteiger partial charge in [-0.15, -0.1) is 0 Å². The maximum atomic E-state index is 12.7. The number of hydrogen-bond donors (Lipinski definition) is 0. The van der Waals surface area contributed by atoms with E-state index in [4.69, 9.17) is 16.3 Å². The van der Waals surface area contributed by atoms with Gasteiger partial charge in [-0.25, -0.2) is 4.68 Å². The first kappa shape index (κ1) is 19.9. The Morgan fingerprint density at radius 3 is 2.61 bits per heavy atom. The molecule has 0 atom stereocenters. The molecule has 0 unspecified atom stereocenters. The summed E-state index contributed by atoms with van der Waals surface area (Å²) in [7, 11) is 3.67. The second-order valence-corrected chi connectivity index (χ2v) is 7.29. The van der Waals surface area contributed by atoms with Crippen LogP contribution in [0.15, 0.2) is 30.5 Å². The second-order valence-electron chi connectivity index (χ2n) is 6.86. The molecule has 28 heavy (non-hydrogen) atoms. The first-order valence-corrected chi connectivity index (χ1v) is 9.31. The third kappa shape index (κ3) is 4.20. The highest BCUT2D eigenvalue weighted by Crippen LogP contribution is 2.22. The fourth-order valence-corrected chi connectivity index (χ4v) is 3.24. The minimum atomic E-state index is -0.149. The Morgan fingerprint density at radius 2 is 1.96 bits per heavy atom. The van der Waals surface area contributed by atoms with Crippen LogP contribution >= 0.6 is 11.6 Å². The Morgan fingerprint density at radius 1 is 1.21 bits per heavy atom. The molecular weight excluding hydrogens is 378 g/mol. The van der Waals surface area contributed by atoms with Crippen molar-refractivity contribution in [1.82, 2.24) is 24.5 Å². The molecule has 8 heteroatoms. The average Bonchev–Trinajstić information content (AvgIpc) is 3.21. The van der Waals surface area contributed by atoms with E-state index in [1.54, 1.807) is 35.0 Å². The van der Waals surface area contributed by atoms with Crippen LogP contribution < -0.4 is 4.74 Å². The number of nitrogens with zero attached hydrogens (tertiary/aromatic N) is 5. The van der Waals surface area contributed by atoms with E-state index in [0.717, 1.165) is 28.3 Å². The van der Waals surface area contributed by atoms with E-state index in [2.05, 4.69) is 10.2 Å². The summed E-state index contributed by atoms with van der Waals surface area (Å²) < 4.78 is 9.19. The number of aryl methyl sites for hydroxylation is 3. The van der Waals surface area contributed by atoms with E-state index in [-0.39, 0.29) is 12.6 Å². The smallest absolute Gasteiger partial charge is 0.274 e.